The van der Waals surface area contributed by atoms with Gasteiger partial charge in [0.2, 0.25) is 11.8 Å². The number of aromatic nitrogens is 2. The second-order valence-electron chi connectivity index (χ2n) is 15.2. The number of amides is 2. The Morgan fingerprint density at radius 2 is 1.77 bits per heavy atom. The number of esters is 1. The first-order chi connectivity index (χ1) is 22.2. The molecule has 2 aliphatic heterocycles. The van der Waals surface area contributed by atoms with E-state index in [4.69, 9.17) is 28.9 Å². The fourth-order valence-electron chi connectivity index (χ4n) is 6.74. The SMILES string of the molecule is CCOc1ccc2nc3c(nc2c1)O[C@H]1CN(C(=O)[C@H](C(C)(C)C)NC(=O)O[C@@H]2C[C@H]2CCCCC3)[C@H](C(=O)OC(C)(C)C)[C@@H]1CC. The van der Waals surface area contributed by atoms with Gasteiger partial charge in [-0.3, -0.25) is 4.79 Å². The molecule has 5 rings (SSSR count). The highest BCUT2D eigenvalue weighted by molar-refractivity contribution is 5.91. The summed E-state index contributed by atoms with van der Waals surface area (Å²) in [5.74, 6) is 0.149. The van der Waals surface area contributed by atoms with Crippen LogP contribution in [0.1, 0.15) is 99.6 Å². The summed E-state index contributed by atoms with van der Waals surface area (Å²) in [7, 11) is 0. The molecule has 1 N–H and O–H groups in total. The van der Waals surface area contributed by atoms with E-state index in [1.807, 2.05) is 73.6 Å². The van der Waals surface area contributed by atoms with Crippen molar-refractivity contribution in [3.05, 3.63) is 23.9 Å². The lowest BCUT2D eigenvalue weighted by Gasteiger charge is -2.36. The first kappa shape index (κ1) is 34.7. The van der Waals surface area contributed by atoms with Crippen molar-refractivity contribution in [1.29, 1.82) is 0 Å². The molecule has 1 saturated carbocycles. The zero-order valence-corrected chi connectivity index (χ0v) is 29.3. The molecule has 0 radical (unpaired) electrons. The van der Waals surface area contributed by atoms with Gasteiger partial charge in [-0.15, -0.1) is 0 Å². The van der Waals surface area contributed by atoms with E-state index in [2.05, 4.69) is 5.32 Å². The van der Waals surface area contributed by atoms with Crippen molar-refractivity contribution < 1.29 is 33.3 Å². The van der Waals surface area contributed by atoms with Gasteiger partial charge >= 0.3 is 12.1 Å². The maximum Gasteiger partial charge on any atom is 0.408 e. The van der Waals surface area contributed by atoms with Gasteiger partial charge in [-0.25, -0.2) is 19.6 Å². The molecule has 2 aromatic rings. The lowest BCUT2D eigenvalue weighted by Crippen LogP contribution is -2.58. The average Bonchev–Trinajstić information content (AvgIpc) is 3.60. The highest BCUT2D eigenvalue weighted by Gasteiger charge is 2.53. The summed E-state index contributed by atoms with van der Waals surface area (Å²) in [4.78, 5) is 53.0. The Bertz CT molecular complexity index is 1470. The number of benzene rings is 1. The minimum Gasteiger partial charge on any atom is -0.494 e. The number of hydrogen-bond donors (Lipinski definition) is 1. The number of rotatable bonds is 4. The topological polar surface area (TPSA) is 129 Å². The Morgan fingerprint density at radius 3 is 2.45 bits per heavy atom. The molecule has 3 aliphatic rings. The van der Waals surface area contributed by atoms with Gasteiger partial charge in [-0.2, -0.15) is 0 Å². The van der Waals surface area contributed by atoms with Crippen LogP contribution >= 0.6 is 0 Å². The second-order valence-corrected chi connectivity index (χ2v) is 15.2. The van der Waals surface area contributed by atoms with E-state index in [0.717, 1.165) is 43.3 Å². The number of nitrogens with one attached hydrogen (secondary N) is 1. The molecular weight excluding hydrogens is 600 g/mol. The van der Waals surface area contributed by atoms with Crippen LogP contribution in [0.15, 0.2) is 18.2 Å². The minimum absolute atomic E-state index is 0.118. The molecule has 47 heavy (non-hydrogen) atoms. The Balaban J connectivity index is 1.57. The summed E-state index contributed by atoms with van der Waals surface area (Å²) < 4.78 is 24.1. The van der Waals surface area contributed by atoms with E-state index < -0.39 is 47.2 Å². The van der Waals surface area contributed by atoms with Gasteiger partial charge in [0.25, 0.3) is 0 Å². The third kappa shape index (κ3) is 8.27. The Hall–Kier alpha value is -3.63. The number of hydrogen-bond acceptors (Lipinski definition) is 9. The Labute approximate surface area is 278 Å². The zero-order valence-electron chi connectivity index (χ0n) is 29.3. The van der Waals surface area contributed by atoms with E-state index in [-0.39, 0.29) is 18.6 Å². The molecule has 1 saturated heterocycles. The van der Waals surface area contributed by atoms with Crippen LogP contribution in [0.3, 0.4) is 0 Å². The summed E-state index contributed by atoms with van der Waals surface area (Å²) in [5.41, 5.74) is 0.713. The molecule has 1 aliphatic carbocycles. The van der Waals surface area contributed by atoms with Crippen LogP contribution in [0.25, 0.3) is 11.0 Å². The molecule has 0 unspecified atom stereocenters. The first-order valence-corrected chi connectivity index (χ1v) is 17.3. The predicted octanol–water partition coefficient (Wildman–Crippen LogP) is 6.00. The third-order valence-electron chi connectivity index (χ3n) is 9.22. The number of carbonyl (C=O) groups excluding carboxylic acids is 3. The maximum absolute atomic E-state index is 14.5. The molecule has 2 amide bonds. The first-order valence-electron chi connectivity index (χ1n) is 17.3. The molecular formula is C36H52N4O7. The number of alkyl carbamates (subject to hydrolysis) is 1. The molecule has 1 aromatic heterocycles. The number of aryl methyl sites for hydroxylation is 1. The van der Waals surface area contributed by atoms with Crippen molar-refractivity contribution in [1.82, 2.24) is 20.2 Å². The van der Waals surface area contributed by atoms with Crippen molar-refractivity contribution in [2.45, 2.75) is 130 Å². The smallest absolute Gasteiger partial charge is 0.408 e. The van der Waals surface area contributed by atoms with Crippen molar-refractivity contribution in [3.8, 4) is 11.6 Å². The van der Waals surface area contributed by atoms with Crippen LogP contribution < -0.4 is 14.8 Å². The largest absolute Gasteiger partial charge is 0.494 e. The van der Waals surface area contributed by atoms with E-state index in [1.165, 1.54) is 4.90 Å². The fraction of sp³-hybridized carbons (Fsp3) is 0.694. The van der Waals surface area contributed by atoms with E-state index in [0.29, 0.717) is 42.5 Å². The van der Waals surface area contributed by atoms with Crippen LogP contribution in [-0.2, 0) is 25.5 Å². The highest BCUT2D eigenvalue weighted by atomic mass is 16.6. The number of carbonyl (C=O) groups is 3. The molecule has 2 fully saturated rings. The lowest BCUT2D eigenvalue weighted by molar-refractivity contribution is -0.165. The van der Waals surface area contributed by atoms with Crippen LogP contribution in [0, 0.1) is 17.3 Å². The van der Waals surface area contributed by atoms with Crippen LogP contribution in [0.2, 0.25) is 0 Å². The van der Waals surface area contributed by atoms with Gasteiger partial charge in [-0.05, 0) is 83.3 Å². The molecule has 3 heterocycles. The predicted molar refractivity (Wildman–Crippen MR) is 177 cm³/mol. The fourth-order valence-corrected chi connectivity index (χ4v) is 6.74. The monoisotopic (exact) mass is 652 g/mol. The minimum atomic E-state index is -0.944. The number of ether oxygens (including phenoxy) is 4. The zero-order chi connectivity index (χ0) is 34.1. The average molecular weight is 653 g/mol. The van der Waals surface area contributed by atoms with Gasteiger partial charge in [0.1, 0.15) is 41.3 Å². The van der Waals surface area contributed by atoms with Crippen molar-refractivity contribution in [3.63, 3.8) is 0 Å². The van der Waals surface area contributed by atoms with Gasteiger partial charge in [0, 0.05) is 12.0 Å². The Morgan fingerprint density at radius 1 is 1.00 bits per heavy atom. The normalized spacial score (nSPS) is 27.4. The van der Waals surface area contributed by atoms with E-state index in [9.17, 15) is 14.4 Å². The molecule has 1 aromatic carbocycles. The van der Waals surface area contributed by atoms with E-state index in [1.54, 1.807) is 0 Å². The summed E-state index contributed by atoms with van der Waals surface area (Å²) in [6.07, 6.45) is 4.59. The second kappa shape index (κ2) is 13.8. The van der Waals surface area contributed by atoms with Crippen molar-refractivity contribution in [2.24, 2.45) is 17.3 Å². The summed E-state index contributed by atoms with van der Waals surface area (Å²) in [5, 5.41) is 2.86. The molecule has 6 atom stereocenters. The Kier molecular flexibility index (Phi) is 10.2. The van der Waals surface area contributed by atoms with Gasteiger partial charge in [0.15, 0.2) is 0 Å². The summed E-state index contributed by atoms with van der Waals surface area (Å²) >= 11 is 0. The highest BCUT2D eigenvalue weighted by Crippen LogP contribution is 2.39. The quantitative estimate of drug-likeness (QED) is 0.396. The summed E-state index contributed by atoms with van der Waals surface area (Å²) in [6.45, 7) is 15.6. The molecule has 0 spiro atoms. The number of nitrogens with zero attached hydrogens (tertiary/aromatic N) is 3. The lowest BCUT2D eigenvalue weighted by atomic mass is 9.85. The maximum atomic E-state index is 14.5. The van der Waals surface area contributed by atoms with Crippen LogP contribution in [-0.4, -0.2) is 75.9 Å². The van der Waals surface area contributed by atoms with Crippen LogP contribution in [0.5, 0.6) is 11.6 Å². The van der Waals surface area contributed by atoms with Gasteiger partial charge in [-0.1, -0.05) is 40.5 Å². The van der Waals surface area contributed by atoms with Gasteiger partial charge < -0.3 is 29.2 Å². The van der Waals surface area contributed by atoms with Crippen molar-refractivity contribution >= 4 is 29.0 Å². The number of fused-ring (bicyclic) bond motifs is 5. The molecule has 258 valence electrons. The molecule has 11 heteroatoms. The summed E-state index contributed by atoms with van der Waals surface area (Å²) in [6, 6.07) is 3.80. The van der Waals surface area contributed by atoms with Crippen molar-refractivity contribution in [2.75, 3.05) is 13.2 Å². The molecule has 11 nitrogen and oxygen atoms in total. The standard InChI is InChI=1S/C36H52N4O7/c1-9-23-28-20-40(29(23)33(42)47-36(6,7)8)32(41)30(35(3,4)5)39-34(43)46-27-18-21(27)14-12-11-13-15-25-31(45-28)38-26-19-22(44-10-2)16-17-24(26)37-25/h16-17,19,21,23,27-30H,9-15,18,20H2,1-8H3,(H,39,43)/t21-,23-,27-,28+,29+,30-/m1/s1. The van der Waals surface area contributed by atoms with Gasteiger partial charge in [0.05, 0.1) is 24.2 Å². The van der Waals surface area contributed by atoms with Crippen LogP contribution in [0.4, 0.5) is 4.79 Å². The van der Waals surface area contributed by atoms with E-state index >= 15 is 0 Å². The third-order valence-corrected chi connectivity index (χ3v) is 9.22. The molecule has 2 bridgehead atoms.